The highest BCUT2D eigenvalue weighted by Crippen LogP contribution is 2.30. The molecule has 0 bridgehead atoms. The fourth-order valence-electron chi connectivity index (χ4n) is 4.69. The van der Waals surface area contributed by atoms with Gasteiger partial charge in [0.25, 0.3) is 5.91 Å². The predicted molar refractivity (Wildman–Crippen MR) is 122 cm³/mol. The maximum absolute atomic E-state index is 13.3. The van der Waals surface area contributed by atoms with Gasteiger partial charge in [-0.3, -0.25) is 14.5 Å². The van der Waals surface area contributed by atoms with Crippen molar-refractivity contribution in [3.05, 3.63) is 59.7 Å². The maximum atomic E-state index is 13.3. The number of ether oxygens (including phenoxy) is 2. The van der Waals surface area contributed by atoms with E-state index in [1.165, 1.54) is 0 Å². The lowest BCUT2D eigenvalue weighted by Gasteiger charge is -2.27. The Labute approximate surface area is 189 Å². The molecule has 32 heavy (non-hydrogen) atoms. The number of hydrogen-bond donors (Lipinski definition) is 0. The summed E-state index contributed by atoms with van der Waals surface area (Å²) in [5, 5.41) is 0. The van der Waals surface area contributed by atoms with Crippen molar-refractivity contribution in [2.45, 2.75) is 25.4 Å². The van der Waals surface area contributed by atoms with Gasteiger partial charge in [-0.15, -0.1) is 0 Å². The Bertz CT molecular complexity index is 927. The lowest BCUT2D eigenvalue weighted by molar-refractivity contribution is -0.132. The van der Waals surface area contributed by atoms with Gasteiger partial charge >= 0.3 is 0 Å². The zero-order chi connectivity index (χ0) is 22.5. The number of carbonyl (C=O) groups excluding carboxylic acids is 2. The molecule has 1 unspecified atom stereocenters. The standard InChI is InChI=1S/C25H31N3O4/c1-31-21-10-6-11-22(32-2)23(21)25(30)27-14-7-13-26(16-17-27)20-12-15-28(24(20)29)18-19-8-4-3-5-9-19/h3-6,8-11,20H,7,12-18H2,1-2H3. The Morgan fingerprint density at radius 1 is 0.906 bits per heavy atom. The zero-order valence-electron chi connectivity index (χ0n) is 18.8. The summed E-state index contributed by atoms with van der Waals surface area (Å²) in [6, 6.07) is 15.4. The molecular formula is C25H31N3O4. The Hall–Kier alpha value is -3.06. The molecule has 0 N–H and O–H groups in total. The summed E-state index contributed by atoms with van der Waals surface area (Å²) in [6.07, 6.45) is 1.66. The fourth-order valence-corrected chi connectivity index (χ4v) is 4.69. The van der Waals surface area contributed by atoms with E-state index in [9.17, 15) is 9.59 Å². The number of hydrogen-bond acceptors (Lipinski definition) is 5. The van der Waals surface area contributed by atoms with Gasteiger partial charge in [0.2, 0.25) is 5.91 Å². The Morgan fingerprint density at radius 3 is 2.31 bits per heavy atom. The second-order valence-electron chi connectivity index (χ2n) is 8.27. The third kappa shape index (κ3) is 4.58. The first-order valence-electron chi connectivity index (χ1n) is 11.2. The average molecular weight is 438 g/mol. The van der Waals surface area contributed by atoms with E-state index in [0.717, 1.165) is 31.5 Å². The molecule has 0 aromatic heterocycles. The second kappa shape index (κ2) is 10.0. The van der Waals surface area contributed by atoms with Gasteiger partial charge < -0.3 is 19.3 Å². The van der Waals surface area contributed by atoms with Crippen molar-refractivity contribution in [2.75, 3.05) is 46.9 Å². The van der Waals surface area contributed by atoms with E-state index in [1.807, 2.05) is 34.1 Å². The number of amides is 2. The minimum atomic E-state index is -0.102. The van der Waals surface area contributed by atoms with E-state index in [2.05, 4.69) is 17.0 Å². The Morgan fingerprint density at radius 2 is 1.62 bits per heavy atom. The molecule has 0 radical (unpaired) electrons. The van der Waals surface area contributed by atoms with Gasteiger partial charge in [0, 0.05) is 39.3 Å². The van der Waals surface area contributed by atoms with Gasteiger partial charge in [0.1, 0.15) is 17.1 Å². The highest BCUT2D eigenvalue weighted by molar-refractivity contribution is 5.99. The third-order valence-electron chi connectivity index (χ3n) is 6.39. The van der Waals surface area contributed by atoms with E-state index in [-0.39, 0.29) is 17.9 Å². The van der Waals surface area contributed by atoms with E-state index in [0.29, 0.717) is 43.2 Å². The second-order valence-corrected chi connectivity index (χ2v) is 8.27. The lowest BCUT2D eigenvalue weighted by Crippen LogP contribution is -2.44. The SMILES string of the molecule is COc1cccc(OC)c1C(=O)N1CCCN(C2CCN(Cc3ccccc3)C2=O)CC1. The van der Waals surface area contributed by atoms with Crippen LogP contribution in [0.4, 0.5) is 0 Å². The van der Waals surface area contributed by atoms with Crippen LogP contribution in [-0.4, -0.2) is 79.5 Å². The quantitative estimate of drug-likeness (QED) is 0.695. The number of rotatable bonds is 6. The monoisotopic (exact) mass is 437 g/mol. The van der Waals surface area contributed by atoms with Crippen LogP contribution in [0, 0.1) is 0 Å². The van der Waals surface area contributed by atoms with Gasteiger partial charge in [-0.25, -0.2) is 0 Å². The van der Waals surface area contributed by atoms with Gasteiger partial charge in [0.15, 0.2) is 0 Å². The molecular weight excluding hydrogens is 406 g/mol. The molecule has 2 aliphatic rings. The molecule has 170 valence electrons. The summed E-state index contributed by atoms with van der Waals surface area (Å²) in [7, 11) is 3.12. The number of nitrogens with zero attached hydrogens (tertiary/aromatic N) is 3. The summed E-state index contributed by atoms with van der Waals surface area (Å²) in [4.78, 5) is 32.5. The number of likely N-dealkylation sites (tertiary alicyclic amines) is 1. The highest BCUT2D eigenvalue weighted by Gasteiger charge is 2.37. The molecule has 7 heteroatoms. The van der Waals surface area contributed by atoms with Crippen molar-refractivity contribution in [2.24, 2.45) is 0 Å². The summed E-state index contributed by atoms with van der Waals surface area (Å²) < 4.78 is 10.8. The molecule has 2 aromatic rings. The molecule has 0 aliphatic carbocycles. The summed E-state index contributed by atoms with van der Waals surface area (Å²) in [5.74, 6) is 1.13. The third-order valence-corrected chi connectivity index (χ3v) is 6.39. The molecule has 2 aliphatic heterocycles. The van der Waals surface area contributed by atoms with Crippen molar-refractivity contribution >= 4 is 11.8 Å². The number of carbonyl (C=O) groups is 2. The minimum Gasteiger partial charge on any atom is -0.496 e. The van der Waals surface area contributed by atoms with E-state index in [4.69, 9.17) is 9.47 Å². The van der Waals surface area contributed by atoms with Crippen LogP contribution in [0.1, 0.15) is 28.8 Å². The van der Waals surface area contributed by atoms with Crippen LogP contribution in [0.2, 0.25) is 0 Å². The lowest BCUT2D eigenvalue weighted by atomic mass is 10.1. The van der Waals surface area contributed by atoms with E-state index < -0.39 is 0 Å². The summed E-state index contributed by atoms with van der Waals surface area (Å²) in [6.45, 7) is 4.13. The van der Waals surface area contributed by atoms with Gasteiger partial charge in [-0.1, -0.05) is 36.4 Å². The molecule has 1 atom stereocenters. The predicted octanol–water partition coefficient (Wildman–Crippen LogP) is 2.65. The van der Waals surface area contributed by atoms with Crippen molar-refractivity contribution < 1.29 is 19.1 Å². The van der Waals surface area contributed by atoms with Crippen molar-refractivity contribution in [3.63, 3.8) is 0 Å². The molecule has 0 saturated carbocycles. The van der Waals surface area contributed by atoms with Crippen LogP contribution in [0.3, 0.4) is 0 Å². The molecule has 2 amide bonds. The molecule has 2 fully saturated rings. The smallest absolute Gasteiger partial charge is 0.261 e. The van der Waals surface area contributed by atoms with Crippen LogP contribution in [0.25, 0.3) is 0 Å². The summed E-state index contributed by atoms with van der Waals surface area (Å²) in [5.41, 5.74) is 1.61. The summed E-state index contributed by atoms with van der Waals surface area (Å²) >= 11 is 0. The van der Waals surface area contributed by atoms with E-state index in [1.54, 1.807) is 26.4 Å². The Kier molecular flexibility index (Phi) is 6.95. The molecule has 0 spiro atoms. The first-order chi connectivity index (χ1) is 15.6. The fraction of sp³-hybridized carbons (Fsp3) is 0.440. The molecule has 4 rings (SSSR count). The molecule has 2 aromatic carbocycles. The van der Waals surface area contributed by atoms with Crippen LogP contribution in [0.5, 0.6) is 11.5 Å². The molecule has 2 heterocycles. The van der Waals surface area contributed by atoms with Gasteiger partial charge in [-0.05, 0) is 30.5 Å². The van der Waals surface area contributed by atoms with Crippen LogP contribution < -0.4 is 9.47 Å². The van der Waals surface area contributed by atoms with Gasteiger partial charge in [-0.2, -0.15) is 0 Å². The molecule has 2 saturated heterocycles. The Balaban J connectivity index is 1.41. The first kappa shape index (κ1) is 22.1. The van der Waals surface area contributed by atoms with Crippen LogP contribution in [0.15, 0.2) is 48.5 Å². The number of benzene rings is 2. The highest BCUT2D eigenvalue weighted by atomic mass is 16.5. The average Bonchev–Trinajstić information content (AvgIpc) is 3.03. The van der Waals surface area contributed by atoms with Crippen molar-refractivity contribution in [3.8, 4) is 11.5 Å². The molecule has 7 nitrogen and oxygen atoms in total. The number of methoxy groups -OCH3 is 2. The zero-order valence-corrected chi connectivity index (χ0v) is 18.8. The van der Waals surface area contributed by atoms with Crippen LogP contribution >= 0.6 is 0 Å². The van der Waals surface area contributed by atoms with Crippen molar-refractivity contribution in [1.29, 1.82) is 0 Å². The van der Waals surface area contributed by atoms with Gasteiger partial charge in [0.05, 0.1) is 20.3 Å². The topological polar surface area (TPSA) is 62.3 Å². The largest absolute Gasteiger partial charge is 0.496 e. The van der Waals surface area contributed by atoms with Crippen molar-refractivity contribution in [1.82, 2.24) is 14.7 Å². The van der Waals surface area contributed by atoms with E-state index >= 15 is 0 Å². The normalized spacial score (nSPS) is 19.7. The maximum Gasteiger partial charge on any atom is 0.261 e. The minimum absolute atomic E-state index is 0.0930. The van der Waals surface area contributed by atoms with Crippen LogP contribution in [-0.2, 0) is 11.3 Å². The first-order valence-corrected chi connectivity index (χ1v) is 11.2.